The SMILES string of the molecule is CN(Cc1cccc2nonc12)CC(C)(C)CO.O=CO. The van der Waals surface area contributed by atoms with Crippen LogP contribution in [0, 0.1) is 5.41 Å². The molecule has 0 aliphatic rings. The van der Waals surface area contributed by atoms with E-state index in [2.05, 4.69) is 15.2 Å². The van der Waals surface area contributed by atoms with Crippen LogP contribution in [0.3, 0.4) is 0 Å². The topological polar surface area (TPSA) is 99.7 Å². The van der Waals surface area contributed by atoms with Crippen molar-refractivity contribution in [1.29, 1.82) is 0 Å². The standard InChI is InChI=1S/C13H19N3O2.CH2O2/c1-13(2,9-17)8-16(3)7-10-5-4-6-11-12(10)15-18-14-11;2-1-3/h4-6,17H,7-9H2,1-3H3;1H,(H,2,3). The molecule has 7 nitrogen and oxygen atoms in total. The van der Waals surface area contributed by atoms with Gasteiger partial charge in [-0.05, 0) is 29.0 Å². The summed E-state index contributed by atoms with van der Waals surface area (Å²) >= 11 is 0. The van der Waals surface area contributed by atoms with Gasteiger partial charge in [0.05, 0.1) is 0 Å². The summed E-state index contributed by atoms with van der Waals surface area (Å²) in [6.07, 6.45) is 0. The molecular weight excluding hydrogens is 274 g/mol. The molecule has 0 aliphatic carbocycles. The summed E-state index contributed by atoms with van der Waals surface area (Å²) in [6, 6.07) is 5.86. The van der Waals surface area contributed by atoms with Crippen molar-refractivity contribution < 1.29 is 19.6 Å². The molecule has 0 saturated carbocycles. The van der Waals surface area contributed by atoms with E-state index in [0.29, 0.717) is 0 Å². The number of benzene rings is 1. The van der Waals surface area contributed by atoms with E-state index in [0.717, 1.165) is 29.7 Å². The Morgan fingerprint density at radius 3 is 2.67 bits per heavy atom. The van der Waals surface area contributed by atoms with Crippen LogP contribution in [-0.2, 0) is 11.3 Å². The van der Waals surface area contributed by atoms with Crippen molar-refractivity contribution in [2.75, 3.05) is 20.2 Å². The third-order valence-electron chi connectivity index (χ3n) is 2.94. The van der Waals surface area contributed by atoms with Gasteiger partial charge in [0, 0.05) is 25.1 Å². The van der Waals surface area contributed by atoms with Crippen LogP contribution in [0.25, 0.3) is 11.0 Å². The van der Waals surface area contributed by atoms with E-state index in [9.17, 15) is 5.11 Å². The zero-order valence-electron chi connectivity index (χ0n) is 12.5. The van der Waals surface area contributed by atoms with Crippen molar-refractivity contribution in [3.05, 3.63) is 23.8 Å². The fraction of sp³-hybridized carbons (Fsp3) is 0.500. The lowest BCUT2D eigenvalue weighted by molar-refractivity contribution is -0.122. The van der Waals surface area contributed by atoms with E-state index in [1.807, 2.05) is 39.1 Å². The first kappa shape index (κ1) is 17.1. The van der Waals surface area contributed by atoms with Crippen LogP contribution in [0.2, 0.25) is 0 Å². The lowest BCUT2D eigenvalue weighted by Gasteiger charge is -2.28. The van der Waals surface area contributed by atoms with Gasteiger partial charge in [-0.1, -0.05) is 26.0 Å². The Morgan fingerprint density at radius 2 is 2.05 bits per heavy atom. The van der Waals surface area contributed by atoms with Crippen molar-refractivity contribution in [3.63, 3.8) is 0 Å². The van der Waals surface area contributed by atoms with Crippen molar-refractivity contribution in [2.24, 2.45) is 5.41 Å². The lowest BCUT2D eigenvalue weighted by Crippen LogP contribution is -2.33. The Kier molecular flexibility index (Phi) is 6.26. The number of aliphatic hydroxyl groups excluding tert-OH is 1. The first-order valence-electron chi connectivity index (χ1n) is 6.51. The Labute approximate surface area is 123 Å². The molecule has 0 saturated heterocycles. The van der Waals surface area contributed by atoms with Crippen LogP contribution in [0.5, 0.6) is 0 Å². The molecule has 0 amide bonds. The van der Waals surface area contributed by atoms with Gasteiger partial charge in [-0.3, -0.25) is 4.79 Å². The molecular formula is C14H21N3O4. The number of nitrogens with zero attached hydrogens (tertiary/aromatic N) is 3. The highest BCUT2D eigenvalue weighted by Gasteiger charge is 2.19. The molecule has 21 heavy (non-hydrogen) atoms. The molecule has 1 aromatic heterocycles. The highest BCUT2D eigenvalue weighted by molar-refractivity contribution is 5.76. The second kappa shape index (κ2) is 7.70. The Bertz CT molecular complexity index is 568. The summed E-state index contributed by atoms with van der Waals surface area (Å²) in [5.41, 5.74) is 2.57. The molecule has 2 N–H and O–H groups in total. The number of rotatable bonds is 5. The molecule has 2 rings (SSSR count). The van der Waals surface area contributed by atoms with Gasteiger partial charge < -0.3 is 15.1 Å². The summed E-state index contributed by atoms with van der Waals surface area (Å²) in [4.78, 5) is 10.5. The van der Waals surface area contributed by atoms with Crippen LogP contribution in [0.4, 0.5) is 0 Å². The van der Waals surface area contributed by atoms with Crippen LogP contribution in [0.15, 0.2) is 22.8 Å². The second-order valence-electron chi connectivity index (χ2n) is 5.65. The molecule has 0 atom stereocenters. The van der Waals surface area contributed by atoms with Crippen molar-refractivity contribution >= 4 is 17.5 Å². The van der Waals surface area contributed by atoms with Crippen molar-refractivity contribution in [1.82, 2.24) is 15.2 Å². The van der Waals surface area contributed by atoms with E-state index in [1.54, 1.807) is 0 Å². The Hall–Kier alpha value is -1.99. The quantitative estimate of drug-likeness (QED) is 0.804. The summed E-state index contributed by atoms with van der Waals surface area (Å²) in [7, 11) is 2.03. The molecule has 0 unspecified atom stereocenters. The van der Waals surface area contributed by atoms with E-state index >= 15 is 0 Å². The lowest BCUT2D eigenvalue weighted by atomic mass is 9.94. The molecule has 1 heterocycles. The number of hydrogen-bond acceptors (Lipinski definition) is 6. The normalized spacial score (nSPS) is 11.3. The minimum atomic E-state index is -0.250. The highest BCUT2D eigenvalue weighted by atomic mass is 16.6. The number of fused-ring (bicyclic) bond motifs is 1. The third-order valence-corrected chi connectivity index (χ3v) is 2.94. The number of carbonyl (C=O) groups is 1. The fourth-order valence-corrected chi connectivity index (χ4v) is 2.12. The average molecular weight is 295 g/mol. The summed E-state index contributed by atoms with van der Waals surface area (Å²) in [6.45, 7) is 5.58. The maximum absolute atomic E-state index is 9.28. The van der Waals surface area contributed by atoms with Gasteiger partial charge in [0.15, 0.2) is 0 Å². The van der Waals surface area contributed by atoms with Gasteiger partial charge >= 0.3 is 0 Å². The first-order valence-corrected chi connectivity index (χ1v) is 6.51. The fourth-order valence-electron chi connectivity index (χ4n) is 2.12. The number of hydrogen-bond donors (Lipinski definition) is 2. The van der Waals surface area contributed by atoms with Crippen LogP contribution >= 0.6 is 0 Å². The molecule has 0 fully saturated rings. The first-order chi connectivity index (χ1) is 9.93. The molecule has 7 heteroatoms. The third kappa shape index (κ3) is 5.13. The molecule has 0 bridgehead atoms. The molecule has 0 spiro atoms. The summed E-state index contributed by atoms with van der Waals surface area (Å²) in [5, 5.41) is 23.9. The predicted octanol–water partition coefficient (Wildman–Crippen LogP) is 1.37. The number of carboxylic acid groups (broad SMARTS) is 1. The Balaban J connectivity index is 0.000000677. The van der Waals surface area contributed by atoms with Gasteiger partial charge in [-0.2, -0.15) is 0 Å². The van der Waals surface area contributed by atoms with Crippen molar-refractivity contribution in [3.8, 4) is 0 Å². The van der Waals surface area contributed by atoms with E-state index in [4.69, 9.17) is 14.5 Å². The summed E-state index contributed by atoms with van der Waals surface area (Å²) in [5.74, 6) is 0. The van der Waals surface area contributed by atoms with E-state index < -0.39 is 0 Å². The number of aliphatic hydroxyl groups is 1. The van der Waals surface area contributed by atoms with Gasteiger partial charge in [-0.15, -0.1) is 0 Å². The summed E-state index contributed by atoms with van der Waals surface area (Å²) < 4.78 is 4.75. The van der Waals surface area contributed by atoms with Crippen LogP contribution < -0.4 is 0 Å². The minimum absolute atomic E-state index is 0.106. The van der Waals surface area contributed by atoms with Crippen LogP contribution in [-0.4, -0.2) is 52.1 Å². The largest absolute Gasteiger partial charge is 0.483 e. The molecule has 1 aromatic carbocycles. The minimum Gasteiger partial charge on any atom is -0.483 e. The highest BCUT2D eigenvalue weighted by Crippen LogP contribution is 2.19. The zero-order valence-corrected chi connectivity index (χ0v) is 12.5. The van der Waals surface area contributed by atoms with Gasteiger partial charge in [0.25, 0.3) is 6.47 Å². The number of aromatic nitrogens is 2. The molecule has 116 valence electrons. The molecule has 0 radical (unpaired) electrons. The molecule has 0 aliphatic heterocycles. The van der Waals surface area contributed by atoms with Gasteiger partial charge in [0.1, 0.15) is 11.0 Å². The Morgan fingerprint density at radius 1 is 1.38 bits per heavy atom. The second-order valence-corrected chi connectivity index (χ2v) is 5.65. The van der Waals surface area contributed by atoms with Crippen LogP contribution in [0.1, 0.15) is 19.4 Å². The zero-order chi connectivity index (χ0) is 15.9. The van der Waals surface area contributed by atoms with Gasteiger partial charge in [0.2, 0.25) is 0 Å². The molecule has 2 aromatic rings. The smallest absolute Gasteiger partial charge is 0.290 e. The van der Waals surface area contributed by atoms with Crippen molar-refractivity contribution in [2.45, 2.75) is 20.4 Å². The van der Waals surface area contributed by atoms with E-state index in [1.165, 1.54) is 0 Å². The van der Waals surface area contributed by atoms with Gasteiger partial charge in [-0.25, -0.2) is 4.63 Å². The average Bonchev–Trinajstić information content (AvgIpc) is 2.88. The predicted molar refractivity (Wildman–Crippen MR) is 77.7 cm³/mol. The monoisotopic (exact) mass is 295 g/mol. The maximum atomic E-state index is 9.28. The van der Waals surface area contributed by atoms with E-state index in [-0.39, 0.29) is 18.5 Å². The maximum Gasteiger partial charge on any atom is 0.290 e.